The second-order valence-corrected chi connectivity index (χ2v) is 9.46. The predicted molar refractivity (Wildman–Crippen MR) is 117 cm³/mol. The predicted octanol–water partition coefficient (Wildman–Crippen LogP) is 3.76. The van der Waals surface area contributed by atoms with Gasteiger partial charge >= 0.3 is 0 Å². The van der Waals surface area contributed by atoms with Crippen molar-refractivity contribution in [1.82, 2.24) is 8.87 Å². The molecule has 5 nitrogen and oxygen atoms in total. The molecule has 4 aromatic rings. The van der Waals surface area contributed by atoms with E-state index in [1.807, 2.05) is 53.1 Å². The zero-order valence-electron chi connectivity index (χ0n) is 16.6. The van der Waals surface area contributed by atoms with Crippen LogP contribution in [0.3, 0.4) is 0 Å². The molecule has 0 aliphatic heterocycles. The van der Waals surface area contributed by atoms with Crippen LogP contribution in [0.4, 0.5) is 4.39 Å². The van der Waals surface area contributed by atoms with Crippen molar-refractivity contribution in [2.75, 3.05) is 12.8 Å². The summed E-state index contributed by atoms with van der Waals surface area (Å²) >= 11 is 0. The molecule has 1 unspecified atom stereocenters. The minimum Gasteiger partial charge on any atom is -0.390 e. The zero-order valence-corrected chi connectivity index (χ0v) is 17.4. The maximum absolute atomic E-state index is 13.2. The molecule has 1 N–H and O–H groups in total. The fourth-order valence-corrected chi connectivity index (χ4v) is 4.64. The van der Waals surface area contributed by atoms with Crippen LogP contribution in [-0.4, -0.2) is 41.3 Å². The van der Waals surface area contributed by atoms with E-state index in [0.29, 0.717) is 5.56 Å². The lowest BCUT2D eigenvalue weighted by Crippen LogP contribution is -2.38. The third kappa shape index (κ3) is 4.23. The van der Waals surface area contributed by atoms with Crippen LogP contribution in [0.1, 0.15) is 5.56 Å². The van der Waals surface area contributed by atoms with E-state index in [0.717, 1.165) is 28.1 Å². The van der Waals surface area contributed by atoms with Gasteiger partial charge in [0.15, 0.2) is 0 Å². The monoisotopic (exact) mass is 426 g/mol. The van der Waals surface area contributed by atoms with Crippen LogP contribution >= 0.6 is 0 Å². The Hall–Kier alpha value is -2.74. The normalized spacial score (nSPS) is 13.3. The second-order valence-electron chi connectivity index (χ2n) is 7.48. The molecule has 0 fully saturated rings. The molecule has 0 radical (unpaired) electrons. The number of aromatic nitrogens is 1. The Morgan fingerprint density at radius 2 is 1.47 bits per heavy atom. The number of benzene rings is 3. The van der Waals surface area contributed by atoms with Gasteiger partial charge in [-0.3, -0.25) is 0 Å². The fourth-order valence-electron chi connectivity index (χ4n) is 3.81. The molecule has 4 rings (SSSR count). The number of sulfonamides is 1. The molecule has 30 heavy (non-hydrogen) atoms. The van der Waals surface area contributed by atoms with E-state index >= 15 is 0 Å². The standard InChI is InChI=1S/C23H23FN2O3S/c1-30(28,29)25(14-17-10-12-18(24)13-11-17)15-19(27)16-26-22-8-4-2-6-20(22)21-7-3-5-9-23(21)26/h2-13,19,27H,14-16H2,1H3. The molecule has 0 saturated carbocycles. The number of aliphatic hydroxyl groups excluding tert-OH is 1. The van der Waals surface area contributed by atoms with Crippen molar-refractivity contribution in [3.05, 3.63) is 84.2 Å². The van der Waals surface area contributed by atoms with Crippen LogP contribution in [0, 0.1) is 5.82 Å². The van der Waals surface area contributed by atoms with Gasteiger partial charge in [-0.1, -0.05) is 48.5 Å². The molecule has 0 saturated heterocycles. The number of para-hydroxylation sites is 2. The van der Waals surface area contributed by atoms with Crippen LogP contribution in [-0.2, 0) is 23.1 Å². The summed E-state index contributed by atoms with van der Waals surface area (Å²) in [6.45, 7) is 0.268. The fraction of sp³-hybridized carbons (Fsp3) is 0.217. The number of aliphatic hydroxyl groups is 1. The summed E-state index contributed by atoms with van der Waals surface area (Å²) in [6.07, 6.45) is 0.198. The number of halogens is 1. The Bertz CT molecular complexity index is 1230. The lowest BCUT2D eigenvalue weighted by molar-refractivity contribution is 0.129. The Kier molecular flexibility index (Phi) is 5.60. The van der Waals surface area contributed by atoms with Crippen LogP contribution in [0.5, 0.6) is 0 Å². The largest absolute Gasteiger partial charge is 0.390 e. The molecule has 156 valence electrons. The van der Waals surface area contributed by atoms with Gasteiger partial charge in [0.25, 0.3) is 0 Å². The van der Waals surface area contributed by atoms with Gasteiger partial charge in [-0.2, -0.15) is 4.31 Å². The minimum absolute atomic E-state index is 0.0585. The van der Waals surface area contributed by atoms with Gasteiger partial charge in [0, 0.05) is 34.9 Å². The molecular formula is C23H23FN2O3S. The van der Waals surface area contributed by atoms with E-state index in [4.69, 9.17) is 0 Å². The molecule has 1 heterocycles. The molecule has 1 atom stereocenters. The van der Waals surface area contributed by atoms with E-state index in [2.05, 4.69) is 0 Å². The molecule has 7 heteroatoms. The van der Waals surface area contributed by atoms with E-state index in [1.54, 1.807) is 12.1 Å². The van der Waals surface area contributed by atoms with E-state index < -0.39 is 16.1 Å². The summed E-state index contributed by atoms with van der Waals surface area (Å²) in [7, 11) is -3.56. The van der Waals surface area contributed by atoms with Crippen molar-refractivity contribution < 1.29 is 17.9 Å². The topological polar surface area (TPSA) is 62.5 Å². The molecule has 0 aliphatic carbocycles. The van der Waals surface area contributed by atoms with Gasteiger partial charge in [-0.15, -0.1) is 0 Å². The van der Waals surface area contributed by atoms with Crippen molar-refractivity contribution in [1.29, 1.82) is 0 Å². The van der Waals surface area contributed by atoms with Crippen molar-refractivity contribution in [3.8, 4) is 0 Å². The van der Waals surface area contributed by atoms with Crippen molar-refractivity contribution in [3.63, 3.8) is 0 Å². The van der Waals surface area contributed by atoms with Crippen molar-refractivity contribution in [2.24, 2.45) is 0 Å². The van der Waals surface area contributed by atoms with Crippen LogP contribution in [0.15, 0.2) is 72.8 Å². The summed E-state index contributed by atoms with van der Waals surface area (Å²) in [5.74, 6) is -0.379. The third-order valence-electron chi connectivity index (χ3n) is 5.23. The van der Waals surface area contributed by atoms with Crippen molar-refractivity contribution >= 4 is 31.8 Å². The second kappa shape index (κ2) is 8.18. The van der Waals surface area contributed by atoms with Gasteiger partial charge in [-0.25, -0.2) is 12.8 Å². The summed E-state index contributed by atoms with van der Waals surface area (Å²) in [5, 5.41) is 13.0. The first-order chi connectivity index (χ1) is 14.3. The maximum Gasteiger partial charge on any atom is 0.211 e. The summed E-state index contributed by atoms with van der Waals surface area (Å²) in [4.78, 5) is 0. The molecule has 3 aromatic carbocycles. The van der Waals surface area contributed by atoms with Crippen molar-refractivity contribution in [2.45, 2.75) is 19.2 Å². The molecule has 1 aromatic heterocycles. The quantitative estimate of drug-likeness (QED) is 0.490. The smallest absolute Gasteiger partial charge is 0.211 e. The average molecular weight is 427 g/mol. The summed E-state index contributed by atoms with van der Waals surface area (Å²) < 4.78 is 41.0. The number of hydrogen-bond acceptors (Lipinski definition) is 3. The van der Waals surface area contributed by atoms with Gasteiger partial charge < -0.3 is 9.67 Å². The van der Waals surface area contributed by atoms with Gasteiger partial charge in [-0.05, 0) is 29.8 Å². The first-order valence-electron chi connectivity index (χ1n) is 9.66. The molecule has 0 amide bonds. The highest BCUT2D eigenvalue weighted by Gasteiger charge is 2.22. The van der Waals surface area contributed by atoms with Crippen LogP contribution < -0.4 is 0 Å². The van der Waals surface area contributed by atoms with Gasteiger partial charge in [0.1, 0.15) is 5.82 Å². The minimum atomic E-state index is -3.56. The lowest BCUT2D eigenvalue weighted by Gasteiger charge is -2.24. The molecule has 0 bridgehead atoms. The Morgan fingerprint density at radius 3 is 2.00 bits per heavy atom. The highest BCUT2D eigenvalue weighted by Crippen LogP contribution is 2.29. The Labute approximate surface area is 175 Å². The number of fused-ring (bicyclic) bond motifs is 3. The SMILES string of the molecule is CS(=O)(=O)N(Cc1ccc(F)cc1)CC(O)Cn1c2ccccc2c2ccccc21. The van der Waals surface area contributed by atoms with E-state index in [1.165, 1.54) is 16.4 Å². The molecular weight excluding hydrogens is 403 g/mol. The van der Waals surface area contributed by atoms with Gasteiger partial charge in [0.2, 0.25) is 10.0 Å². The Balaban J connectivity index is 1.61. The maximum atomic E-state index is 13.2. The highest BCUT2D eigenvalue weighted by atomic mass is 32.2. The average Bonchev–Trinajstić information content (AvgIpc) is 3.03. The lowest BCUT2D eigenvalue weighted by atomic mass is 10.2. The first-order valence-corrected chi connectivity index (χ1v) is 11.5. The van der Waals surface area contributed by atoms with E-state index in [-0.39, 0.29) is 25.5 Å². The number of hydrogen-bond donors (Lipinski definition) is 1. The van der Waals surface area contributed by atoms with Crippen LogP contribution in [0.2, 0.25) is 0 Å². The van der Waals surface area contributed by atoms with Crippen LogP contribution in [0.25, 0.3) is 21.8 Å². The Morgan fingerprint density at radius 1 is 0.933 bits per heavy atom. The molecule has 0 spiro atoms. The number of nitrogens with zero attached hydrogens (tertiary/aromatic N) is 2. The summed E-state index contributed by atoms with van der Waals surface area (Å²) in [5.41, 5.74) is 2.63. The van der Waals surface area contributed by atoms with E-state index in [9.17, 15) is 17.9 Å². The number of rotatable bonds is 7. The third-order valence-corrected chi connectivity index (χ3v) is 6.44. The molecule has 0 aliphatic rings. The van der Waals surface area contributed by atoms with Gasteiger partial charge in [0.05, 0.1) is 18.9 Å². The summed E-state index contributed by atoms with van der Waals surface area (Å²) in [6, 6.07) is 21.6. The highest BCUT2D eigenvalue weighted by molar-refractivity contribution is 7.88. The first kappa shape index (κ1) is 20.5. The zero-order chi connectivity index (χ0) is 21.3.